The Balaban J connectivity index is 1.30. The molecule has 0 spiro atoms. The molecular formula is C20H22N4O2S2. The van der Waals surface area contributed by atoms with Gasteiger partial charge in [0.1, 0.15) is 10.9 Å². The number of nitrogens with one attached hydrogen (secondary N) is 1. The van der Waals surface area contributed by atoms with Crippen LogP contribution in [0.2, 0.25) is 0 Å². The van der Waals surface area contributed by atoms with Crippen molar-refractivity contribution in [2.45, 2.75) is 54.8 Å². The first-order chi connectivity index (χ1) is 13.6. The van der Waals surface area contributed by atoms with Gasteiger partial charge in [0, 0.05) is 22.4 Å². The topological polar surface area (TPSA) is 76.9 Å². The summed E-state index contributed by atoms with van der Waals surface area (Å²) in [6, 6.07) is 7.36. The van der Waals surface area contributed by atoms with E-state index in [2.05, 4.69) is 20.7 Å². The van der Waals surface area contributed by atoms with Gasteiger partial charge in [-0.1, -0.05) is 23.9 Å². The van der Waals surface area contributed by atoms with Crippen LogP contribution in [0.5, 0.6) is 0 Å². The molecule has 2 aromatic heterocycles. The number of para-hydroxylation sites is 1. The van der Waals surface area contributed by atoms with Gasteiger partial charge in [0.25, 0.3) is 5.56 Å². The quantitative estimate of drug-likeness (QED) is 0.693. The lowest BCUT2D eigenvalue weighted by molar-refractivity contribution is -0.122. The summed E-state index contributed by atoms with van der Waals surface area (Å²) in [6.45, 7) is 2.02. The zero-order chi connectivity index (χ0) is 19.5. The number of carbonyl (C=O) groups is 1. The van der Waals surface area contributed by atoms with Gasteiger partial charge in [-0.2, -0.15) is 0 Å². The fourth-order valence-corrected chi connectivity index (χ4v) is 5.79. The van der Waals surface area contributed by atoms with E-state index < -0.39 is 0 Å². The number of hydrogen-bond donors (Lipinski definition) is 1. The summed E-state index contributed by atoms with van der Waals surface area (Å²) < 4.78 is 2.51. The van der Waals surface area contributed by atoms with Gasteiger partial charge in [0.2, 0.25) is 5.91 Å². The van der Waals surface area contributed by atoms with E-state index in [1.54, 1.807) is 29.5 Å². The normalized spacial score (nSPS) is 19.6. The standard InChI is InChI=1S/C20H22N4O2S2/c1-13-11-27-20(22-13)28-15-8-6-14(7-9-15)23-18(25)10-24-12-21-17-5-3-2-4-16(17)19(24)26/h2-5,11-12,14-15H,6-10H2,1H3,(H,23,25). The van der Waals surface area contributed by atoms with Crippen LogP contribution in [0.4, 0.5) is 0 Å². The Hall–Kier alpha value is -2.19. The first-order valence-corrected chi connectivity index (χ1v) is 11.2. The Morgan fingerprint density at radius 3 is 2.82 bits per heavy atom. The van der Waals surface area contributed by atoms with Crippen molar-refractivity contribution in [3.63, 3.8) is 0 Å². The molecule has 0 saturated heterocycles. The molecule has 3 aromatic rings. The number of amides is 1. The third kappa shape index (κ3) is 4.44. The molecule has 1 aliphatic carbocycles. The SMILES string of the molecule is Cc1csc(SC2CCC(NC(=O)Cn3cnc4ccccc4c3=O)CC2)n1. The smallest absolute Gasteiger partial charge is 0.261 e. The largest absolute Gasteiger partial charge is 0.352 e. The Morgan fingerprint density at radius 2 is 2.07 bits per heavy atom. The molecule has 1 N–H and O–H groups in total. The molecule has 1 fully saturated rings. The molecule has 1 amide bonds. The van der Waals surface area contributed by atoms with Crippen molar-refractivity contribution >= 4 is 39.9 Å². The first kappa shape index (κ1) is 19.1. The summed E-state index contributed by atoms with van der Waals surface area (Å²) in [4.78, 5) is 33.7. The zero-order valence-electron chi connectivity index (χ0n) is 15.6. The minimum Gasteiger partial charge on any atom is -0.352 e. The molecule has 146 valence electrons. The molecule has 8 heteroatoms. The Kier molecular flexibility index (Phi) is 5.77. The molecule has 2 heterocycles. The van der Waals surface area contributed by atoms with Crippen LogP contribution < -0.4 is 10.9 Å². The maximum atomic E-state index is 12.5. The number of hydrogen-bond acceptors (Lipinski definition) is 6. The molecule has 28 heavy (non-hydrogen) atoms. The molecule has 0 atom stereocenters. The van der Waals surface area contributed by atoms with Crippen molar-refractivity contribution in [3.8, 4) is 0 Å². The van der Waals surface area contributed by atoms with Gasteiger partial charge in [-0.05, 0) is 44.7 Å². The van der Waals surface area contributed by atoms with Crippen molar-refractivity contribution in [1.29, 1.82) is 0 Å². The predicted octanol–water partition coefficient (Wildman–Crippen LogP) is 3.38. The number of thiazole rings is 1. The van der Waals surface area contributed by atoms with Crippen LogP contribution in [0.15, 0.2) is 45.1 Å². The maximum Gasteiger partial charge on any atom is 0.261 e. The van der Waals surface area contributed by atoms with Gasteiger partial charge < -0.3 is 5.32 Å². The van der Waals surface area contributed by atoms with Crippen LogP contribution in [0.3, 0.4) is 0 Å². The number of rotatable bonds is 5. The Bertz CT molecular complexity index is 1040. The summed E-state index contributed by atoms with van der Waals surface area (Å²) in [5.41, 5.74) is 1.54. The second-order valence-electron chi connectivity index (χ2n) is 7.11. The van der Waals surface area contributed by atoms with E-state index >= 15 is 0 Å². The lowest BCUT2D eigenvalue weighted by atomic mass is 9.95. The van der Waals surface area contributed by atoms with E-state index in [0.717, 1.165) is 35.7 Å². The van der Waals surface area contributed by atoms with Gasteiger partial charge >= 0.3 is 0 Å². The van der Waals surface area contributed by atoms with Crippen molar-refractivity contribution < 1.29 is 4.79 Å². The lowest BCUT2D eigenvalue weighted by Crippen LogP contribution is -2.41. The summed E-state index contributed by atoms with van der Waals surface area (Å²) in [5.74, 6) is -0.133. The average Bonchev–Trinajstić information content (AvgIpc) is 3.10. The summed E-state index contributed by atoms with van der Waals surface area (Å²) in [6.07, 6.45) is 5.49. The van der Waals surface area contributed by atoms with Crippen molar-refractivity contribution in [2.75, 3.05) is 0 Å². The third-order valence-corrected chi connectivity index (χ3v) is 7.38. The van der Waals surface area contributed by atoms with Crippen molar-refractivity contribution in [1.82, 2.24) is 19.9 Å². The molecule has 0 radical (unpaired) electrons. The fraction of sp³-hybridized carbons (Fsp3) is 0.400. The molecule has 0 bridgehead atoms. The van der Waals surface area contributed by atoms with E-state index in [4.69, 9.17) is 0 Å². The van der Waals surface area contributed by atoms with E-state index in [-0.39, 0.29) is 24.1 Å². The fourth-order valence-electron chi connectivity index (χ4n) is 3.50. The molecule has 6 nitrogen and oxygen atoms in total. The highest BCUT2D eigenvalue weighted by Crippen LogP contribution is 2.35. The minimum absolute atomic E-state index is 0.00371. The van der Waals surface area contributed by atoms with Crippen LogP contribution in [0, 0.1) is 6.92 Å². The zero-order valence-corrected chi connectivity index (χ0v) is 17.3. The van der Waals surface area contributed by atoms with E-state index in [9.17, 15) is 9.59 Å². The number of aryl methyl sites for hydroxylation is 1. The first-order valence-electron chi connectivity index (χ1n) is 9.41. The molecule has 1 aromatic carbocycles. The Labute approximate surface area is 171 Å². The monoisotopic (exact) mass is 414 g/mol. The lowest BCUT2D eigenvalue weighted by Gasteiger charge is -2.28. The van der Waals surface area contributed by atoms with Crippen LogP contribution >= 0.6 is 23.1 Å². The molecule has 4 rings (SSSR count). The van der Waals surface area contributed by atoms with E-state index in [0.29, 0.717) is 16.2 Å². The highest BCUT2D eigenvalue weighted by Gasteiger charge is 2.24. The van der Waals surface area contributed by atoms with Crippen LogP contribution in [-0.2, 0) is 11.3 Å². The third-order valence-electron chi connectivity index (χ3n) is 4.95. The van der Waals surface area contributed by atoms with Crippen LogP contribution in [0.25, 0.3) is 10.9 Å². The van der Waals surface area contributed by atoms with Crippen LogP contribution in [0.1, 0.15) is 31.4 Å². The van der Waals surface area contributed by atoms with Gasteiger partial charge in [-0.15, -0.1) is 11.3 Å². The molecule has 1 saturated carbocycles. The maximum absolute atomic E-state index is 12.5. The number of nitrogens with zero attached hydrogens (tertiary/aromatic N) is 3. The molecule has 0 aliphatic heterocycles. The molecule has 0 unspecified atom stereocenters. The summed E-state index contributed by atoms with van der Waals surface area (Å²) in [5, 5.41) is 6.26. The highest BCUT2D eigenvalue weighted by molar-refractivity contribution is 8.01. The summed E-state index contributed by atoms with van der Waals surface area (Å²) in [7, 11) is 0. The number of aromatic nitrogens is 3. The Morgan fingerprint density at radius 1 is 1.29 bits per heavy atom. The van der Waals surface area contributed by atoms with Gasteiger partial charge in [-0.25, -0.2) is 9.97 Å². The second kappa shape index (κ2) is 8.45. The van der Waals surface area contributed by atoms with Gasteiger partial charge in [0.05, 0.1) is 17.2 Å². The number of benzene rings is 1. The average molecular weight is 415 g/mol. The predicted molar refractivity (Wildman–Crippen MR) is 113 cm³/mol. The summed E-state index contributed by atoms with van der Waals surface area (Å²) >= 11 is 3.55. The number of thioether (sulfide) groups is 1. The highest BCUT2D eigenvalue weighted by atomic mass is 32.2. The number of fused-ring (bicyclic) bond motifs is 1. The molecular weight excluding hydrogens is 392 g/mol. The van der Waals surface area contributed by atoms with Gasteiger partial charge in [-0.3, -0.25) is 14.2 Å². The molecule has 1 aliphatic rings. The van der Waals surface area contributed by atoms with E-state index in [1.807, 2.05) is 24.8 Å². The van der Waals surface area contributed by atoms with E-state index in [1.165, 1.54) is 10.9 Å². The van der Waals surface area contributed by atoms with Crippen molar-refractivity contribution in [2.24, 2.45) is 0 Å². The van der Waals surface area contributed by atoms with Crippen LogP contribution in [-0.4, -0.2) is 31.7 Å². The second-order valence-corrected chi connectivity index (χ2v) is 9.51. The van der Waals surface area contributed by atoms with Crippen molar-refractivity contribution in [3.05, 3.63) is 52.0 Å². The van der Waals surface area contributed by atoms with Gasteiger partial charge in [0.15, 0.2) is 0 Å². The minimum atomic E-state index is -0.181. The number of carbonyl (C=O) groups excluding carboxylic acids is 1.